The molecule has 1 unspecified atom stereocenters. The van der Waals surface area contributed by atoms with Gasteiger partial charge in [-0.2, -0.15) is 0 Å². The summed E-state index contributed by atoms with van der Waals surface area (Å²) in [6, 6.07) is 13.6. The summed E-state index contributed by atoms with van der Waals surface area (Å²) in [6.07, 6.45) is -0.613. The van der Waals surface area contributed by atoms with Crippen LogP contribution in [-0.4, -0.2) is 50.2 Å². The van der Waals surface area contributed by atoms with Gasteiger partial charge in [0.1, 0.15) is 17.3 Å². The summed E-state index contributed by atoms with van der Waals surface area (Å²) < 4.78 is 24.0. The fraction of sp³-hybridized carbons (Fsp3) is 0.350. The molecule has 1 atom stereocenters. The van der Waals surface area contributed by atoms with Crippen LogP contribution in [0, 0.1) is 5.82 Å². The first-order valence-electron chi connectivity index (χ1n) is 8.67. The molecule has 0 radical (unpaired) electrons. The molecule has 138 valence electrons. The van der Waals surface area contributed by atoms with E-state index < -0.39 is 6.10 Å². The number of piperazine rings is 1. The maximum atomic E-state index is 13.0. The average molecular weight is 358 g/mol. The molecule has 3 rings (SSSR count). The van der Waals surface area contributed by atoms with E-state index in [1.165, 1.54) is 24.3 Å². The van der Waals surface area contributed by atoms with E-state index in [2.05, 4.69) is 4.90 Å². The number of para-hydroxylation sites is 2. The van der Waals surface area contributed by atoms with Crippen molar-refractivity contribution in [3.05, 3.63) is 54.3 Å². The Hall–Kier alpha value is -2.76. The maximum absolute atomic E-state index is 13.0. The van der Waals surface area contributed by atoms with Gasteiger partial charge in [0.2, 0.25) is 0 Å². The molecule has 1 saturated heterocycles. The molecule has 0 saturated carbocycles. The highest BCUT2D eigenvalue weighted by atomic mass is 19.1. The average Bonchev–Trinajstić information content (AvgIpc) is 2.69. The number of amides is 1. The van der Waals surface area contributed by atoms with E-state index >= 15 is 0 Å². The van der Waals surface area contributed by atoms with E-state index in [-0.39, 0.29) is 11.7 Å². The van der Waals surface area contributed by atoms with Crippen molar-refractivity contribution >= 4 is 11.6 Å². The number of carbonyl (C=O) groups is 1. The molecule has 5 nitrogen and oxygen atoms in total. The second-order valence-electron chi connectivity index (χ2n) is 6.20. The molecular formula is C20H23FN2O3. The number of hydrogen-bond donors (Lipinski definition) is 0. The number of halogens is 1. The van der Waals surface area contributed by atoms with Crippen molar-refractivity contribution in [1.29, 1.82) is 0 Å². The van der Waals surface area contributed by atoms with Gasteiger partial charge in [-0.1, -0.05) is 12.1 Å². The SMILES string of the molecule is COc1ccccc1N1CCN(C(=O)C(C)Oc2ccc(F)cc2)CC1. The summed E-state index contributed by atoms with van der Waals surface area (Å²) in [5.74, 6) is 0.929. The number of hydrogen-bond acceptors (Lipinski definition) is 4. The van der Waals surface area contributed by atoms with Gasteiger partial charge in [-0.25, -0.2) is 4.39 Å². The van der Waals surface area contributed by atoms with Crippen LogP contribution in [0.4, 0.5) is 10.1 Å². The number of rotatable bonds is 5. The molecule has 6 heteroatoms. The van der Waals surface area contributed by atoms with Crippen LogP contribution in [0.25, 0.3) is 0 Å². The third-order valence-electron chi connectivity index (χ3n) is 4.49. The Morgan fingerprint density at radius 3 is 2.35 bits per heavy atom. The molecule has 1 heterocycles. The van der Waals surface area contributed by atoms with Gasteiger partial charge in [0.05, 0.1) is 12.8 Å². The molecule has 1 fully saturated rings. The first-order valence-corrected chi connectivity index (χ1v) is 8.67. The zero-order valence-electron chi connectivity index (χ0n) is 15.0. The van der Waals surface area contributed by atoms with Gasteiger partial charge in [-0.3, -0.25) is 4.79 Å². The molecule has 0 aliphatic carbocycles. The highest BCUT2D eigenvalue weighted by Crippen LogP contribution is 2.28. The maximum Gasteiger partial charge on any atom is 0.263 e. The van der Waals surface area contributed by atoms with E-state index in [1.807, 2.05) is 24.3 Å². The van der Waals surface area contributed by atoms with E-state index in [9.17, 15) is 9.18 Å². The van der Waals surface area contributed by atoms with Gasteiger partial charge >= 0.3 is 0 Å². The van der Waals surface area contributed by atoms with Gasteiger partial charge < -0.3 is 19.3 Å². The van der Waals surface area contributed by atoms with Crippen LogP contribution < -0.4 is 14.4 Å². The minimum Gasteiger partial charge on any atom is -0.495 e. The summed E-state index contributed by atoms with van der Waals surface area (Å²) in [5.41, 5.74) is 1.04. The molecular weight excluding hydrogens is 335 g/mol. The van der Waals surface area contributed by atoms with Crippen LogP contribution in [0.3, 0.4) is 0 Å². The first kappa shape index (κ1) is 18.0. The zero-order chi connectivity index (χ0) is 18.5. The second-order valence-corrected chi connectivity index (χ2v) is 6.20. The molecule has 1 aliphatic heterocycles. The van der Waals surface area contributed by atoms with Crippen LogP contribution in [-0.2, 0) is 4.79 Å². The molecule has 0 spiro atoms. The Morgan fingerprint density at radius 2 is 1.69 bits per heavy atom. The highest BCUT2D eigenvalue weighted by molar-refractivity contribution is 5.81. The largest absolute Gasteiger partial charge is 0.495 e. The zero-order valence-corrected chi connectivity index (χ0v) is 15.0. The smallest absolute Gasteiger partial charge is 0.263 e. The Kier molecular flexibility index (Phi) is 5.61. The minimum atomic E-state index is -0.613. The number of carbonyl (C=O) groups excluding carboxylic acids is 1. The van der Waals surface area contributed by atoms with Gasteiger partial charge in [0, 0.05) is 26.2 Å². The van der Waals surface area contributed by atoms with E-state index in [4.69, 9.17) is 9.47 Å². The van der Waals surface area contributed by atoms with Gasteiger partial charge in [0.15, 0.2) is 6.10 Å². The quantitative estimate of drug-likeness (QED) is 0.824. The van der Waals surface area contributed by atoms with Crippen LogP contribution in [0.5, 0.6) is 11.5 Å². The lowest BCUT2D eigenvalue weighted by atomic mass is 10.2. The van der Waals surface area contributed by atoms with Gasteiger partial charge in [0.25, 0.3) is 5.91 Å². The molecule has 1 aliphatic rings. The number of benzene rings is 2. The molecule has 0 bridgehead atoms. The number of ether oxygens (including phenoxy) is 2. The summed E-state index contributed by atoms with van der Waals surface area (Å²) in [7, 11) is 1.66. The molecule has 0 N–H and O–H groups in total. The van der Waals surface area contributed by atoms with Crippen LogP contribution in [0.2, 0.25) is 0 Å². The van der Waals surface area contributed by atoms with Crippen molar-refractivity contribution in [3.63, 3.8) is 0 Å². The third-order valence-corrected chi connectivity index (χ3v) is 4.49. The lowest BCUT2D eigenvalue weighted by molar-refractivity contribution is -0.138. The summed E-state index contributed by atoms with van der Waals surface area (Å²) >= 11 is 0. The molecule has 1 amide bonds. The highest BCUT2D eigenvalue weighted by Gasteiger charge is 2.27. The standard InChI is InChI=1S/C20H23FN2O3/c1-15(26-17-9-7-16(21)8-10-17)20(24)23-13-11-22(12-14-23)18-5-3-4-6-19(18)25-2/h3-10,15H,11-14H2,1-2H3. The van der Waals surface area contributed by atoms with Gasteiger partial charge in [-0.05, 0) is 43.3 Å². The Morgan fingerprint density at radius 1 is 1.04 bits per heavy atom. The van der Waals surface area contributed by atoms with Crippen molar-refractivity contribution < 1.29 is 18.7 Å². The van der Waals surface area contributed by atoms with Crippen molar-refractivity contribution in [2.45, 2.75) is 13.0 Å². The molecule has 2 aromatic rings. The number of methoxy groups -OCH3 is 1. The predicted molar refractivity (Wildman–Crippen MR) is 98.3 cm³/mol. The van der Waals surface area contributed by atoms with E-state index in [1.54, 1.807) is 18.9 Å². The van der Waals surface area contributed by atoms with Crippen LogP contribution in [0.1, 0.15) is 6.92 Å². The molecule has 2 aromatic carbocycles. The van der Waals surface area contributed by atoms with Crippen molar-refractivity contribution in [1.82, 2.24) is 4.90 Å². The molecule has 0 aromatic heterocycles. The Bertz CT molecular complexity index is 743. The number of anilines is 1. The minimum absolute atomic E-state index is 0.0611. The van der Waals surface area contributed by atoms with Crippen LogP contribution in [0.15, 0.2) is 48.5 Å². The molecule has 26 heavy (non-hydrogen) atoms. The second kappa shape index (κ2) is 8.08. The Balaban J connectivity index is 1.57. The van der Waals surface area contributed by atoms with Crippen molar-refractivity contribution in [2.75, 3.05) is 38.2 Å². The van der Waals surface area contributed by atoms with Gasteiger partial charge in [-0.15, -0.1) is 0 Å². The first-order chi connectivity index (χ1) is 12.6. The van der Waals surface area contributed by atoms with E-state index in [0.29, 0.717) is 18.8 Å². The van der Waals surface area contributed by atoms with E-state index in [0.717, 1.165) is 24.5 Å². The summed E-state index contributed by atoms with van der Waals surface area (Å²) in [5, 5.41) is 0. The van der Waals surface area contributed by atoms with Crippen molar-refractivity contribution in [3.8, 4) is 11.5 Å². The lowest BCUT2D eigenvalue weighted by Crippen LogP contribution is -2.52. The monoisotopic (exact) mass is 358 g/mol. The van der Waals surface area contributed by atoms with Crippen LogP contribution >= 0.6 is 0 Å². The fourth-order valence-corrected chi connectivity index (χ4v) is 3.08. The Labute approximate surface area is 152 Å². The normalized spacial score (nSPS) is 15.5. The lowest BCUT2D eigenvalue weighted by Gasteiger charge is -2.37. The number of nitrogens with zero attached hydrogens (tertiary/aromatic N) is 2. The predicted octanol–water partition coefficient (Wildman–Crippen LogP) is 2.95. The van der Waals surface area contributed by atoms with Crippen molar-refractivity contribution in [2.24, 2.45) is 0 Å². The summed E-state index contributed by atoms with van der Waals surface area (Å²) in [6.45, 7) is 4.42. The topological polar surface area (TPSA) is 42.0 Å². The summed E-state index contributed by atoms with van der Waals surface area (Å²) in [4.78, 5) is 16.6. The fourth-order valence-electron chi connectivity index (χ4n) is 3.08. The third kappa shape index (κ3) is 4.07.